The van der Waals surface area contributed by atoms with Crippen molar-refractivity contribution in [3.05, 3.63) is 42.5 Å². The molecule has 1 saturated heterocycles. The van der Waals surface area contributed by atoms with Crippen molar-refractivity contribution < 1.29 is 27.8 Å². The van der Waals surface area contributed by atoms with E-state index in [2.05, 4.69) is 11.3 Å². The van der Waals surface area contributed by atoms with Crippen LogP contribution in [0.25, 0.3) is 0 Å². The molecule has 1 unspecified atom stereocenters. The number of phenolic OH excluding ortho intramolecular Hbond substituents is 1. The predicted octanol–water partition coefficient (Wildman–Crippen LogP) is 2.99. The van der Waals surface area contributed by atoms with Crippen molar-refractivity contribution in [3.63, 3.8) is 0 Å². The van der Waals surface area contributed by atoms with Crippen molar-refractivity contribution in [1.29, 1.82) is 0 Å². The molecule has 2 fully saturated rings. The molecule has 0 aromatic heterocycles. The number of carbonyl (C=O) groups is 1. The summed E-state index contributed by atoms with van der Waals surface area (Å²) in [7, 11) is -0.729. The number of benzene rings is 1. The first-order valence-corrected chi connectivity index (χ1v) is 13.3. The minimum Gasteiger partial charge on any atom is -0.508 e. The average molecular weight is 496 g/mol. The molecule has 1 aromatic carbocycles. The second-order valence-electron chi connectivity index (χ2n) is 9.18. The van der Waals surface area contributed by atoms with Crippen molar-refractivity contribution >= 4 is 16.3 Å². The van der Waals surface area contributed by atoms with Crippen molar-refractivity contribution in [3.8, 4) is 5.75 Å². The summed E-state index contributed by atoms with van der Waals surface area (Å²) < 4.78 is 40.4. The van der Waals surface area contributed by atoms with Crippen LogP contribution < -0.4 is 4.72 Å². The van der Waals surface area contributed by atoms with Gasteiger partial charge in [-0.05, 0) is 62.1 Å². The van der Waals surface area contributed by atoms with Gasteiger partial charge in [-0.2, -0.15) is 17.4 Å². The maximum Gasteiger partial charge on any atom is 0.410 e. The average Bonchev–Trinajstić information content (AvgIpc) is 2.81. The van der Waals surface area contributed by atoms with E-state index in [9.17, 15) is 18.3 Å². The molecule has 1 amide bonds. The standard InChI is InChI=1S/C24H37N3O6S/c1-4-15-32-24(29)27-14-6-9-22(25-34(30,31)26(2)3)23(27)17-33-21-12-10-18(11-13-21)19-7-5-8-20(28)16-19/h4-5,7-8,16,18,21-23,25,28H,1,6,9-15,17H2,2-3H3/t18?,21?,22-,23?/m0/s1. The Morgan fingerprint density at radius 3 is 2.65 bits per heavy atom. The first-order chi connectivity index (χ1) is 16.2. The Morgan fingerprint density at radius 1 is 1.26 bits per heavy atom. The van der Waals surface area contributed by atoms with Gasteiger partial charge in [0, 0.05) is 26.7 Å². The third-order valence-corrected chi connectivity index (χ3v) is 8.20. The number of ether oxygens (including phenoxy) is 2. The van der Waals surface area contributed by atoms with Crippen molar-refractivity contribution in [2.24, 2.45) is 0 Å². The summed E-state index contributed by atoms with van der Waals surface area (Å²) >= 11 is 0. The van der Waals surface area contributed by atoms with Crippen molar-refractivity contribution in [2.75, 3.05) is 33.9 Å². The molecule has 2 aliphatic rings. The minimum absolute atomic E-state index is 0.0348. The summed E-state index contributed by atoms with van der Waals surface area (Å²) in [5.74, 6) is 0.662. The molecular weight excluding hydrogens is 458 g/mol. The van der Waals surface area contributed by atoms with E-state index in [0.29, 0.717) is 25.3 Å². The lowest BCUT2D eigenvalue weighted by Crippen LogP contribution is -2.60. The Kier molecular flexibility index (Phi) is 9.35. The molecule has 0 radical (unpaired) electrons. The number of nitrogens with zero attached hydrogens (tertiary/aromatic N) is 2. The number of amides is 1. The number of hydrogen-bond acceptors (Lipinski definition) is 6. The van der Waals surface area contributed by atoms with E-state index in [-0.39, 0.29) is 25.1 Å². The van der Waals surface area contributed by atoms with Crippen LogP contribution in [0, 0.1) is 0 Å². The van der Waals surface area contributed by atoms with E-state index in [4.69, 9.17) is 9.47 Å². The van der Waals surface area contributed by atoms with Gasteiger partial charge in [0.25, 0.3) is 10.2 Å². The number of carbonyl (C=O) groups excluding carboxylic acids is 1. The molecule has 2 atom stereocenters. The van der Waals surface area contributed by atoms with Gasteiger partial charge in [-0.25, -0.2) is 4.79 Å². The van der Waals surface area contributed by atoms with Gasteiger partial charge in [-0.3, -0.25) is 0 Å². The molecule has 2 N–H and O–H groups in total. The van der Waals surface area contributed by atoms with Gasteiger partial charge in [0.2, 0.25) is 0 Å². The first-order valence-electron chi connectivity index (χ1n) is 11.9. The van der Waals surface area contributed by atoms with Crippen LogP contribution in [0.5, 0.6) is 5.75 Å². The van der Waals surface area contributed by atoms with Crippen LogP contribution in [0.15, 0.2) is 36.9 Å². The molecule has 9 nitrogen and oxygen atoms in total. The Labute approximate surface area is 202 Å². The van der Waals surface area contributed by atoms with Crippen LogP contribution in [0.1, 0.15) is 50.0 Å². The van der Waals surface area contributed by atoms with Gasteiger partial charge >= 0.3 is 6.09 Å². The Bertz CT molecular complexity index is 930. The van der Waals surface area contributed by atoms with Gasteiger partial charge in [0.15, 0.2) is 0 Å². The van der Waals surface area contributed by atoms with Gasteiger partial charge in [0.1, 0.15) is 12.4 Å². The fourth-order valence-electron chi connectivity index (χ4n) is 4.71. The van der Waals surface area contributed by atoms with E-state index in [1.165, 1.54) is 20.2 Å². The largest absolute Gasteiger partial charge is 0.508 e. The molecule has 1 heterocycles. The highest BCUT2D eigenvalue weighted by atomic mass is 32.2. The summed E-state index contributed by atoms with van der Waals surface area (Å²) in [6.45, 7) is 4.38. The van der Waals surface area contributed by atoms with Crippen LogP contribution >= 0.6 is 0 Å². The molecule has 190 valence electrons. The third kappa shape index (κ3) is 6.94. The number of likely N-dealkylation sites (tertiary alicyclic amines) is 1. The maximum atomic E-state index is 12.7. The molecule has 34 heavy (non-hydrogen) atoms. The minimum atomic E-state index is -3.67. The SMILES string of the molecule is C=CCOC(=O)N1CCC[C@H](NS(=O)(=O)N(C)C)C1COC1CCC(c2cccc(O)c2)CC1. The normalized spacial score (nSPS) is 25.8. The van der Waals surface area contributed by atoms with Crippen LogP contribution in [0.2, 0.25) is 0 Å². The highest BCUT2D eigenvalue weighted by Gasteiger charge is 2.38. The number of piperidine rings is 1. The highest BCUT2D eigenvalue weighted by Crippen LogP contribution is 2.35. The van der Waals surface area contributed by atoms with Gasteiger partial charge in [-0.15, -0.1) is 0 Å². The highest BCUT2D eigenvalue weighted by molar-refractivity contribution is 7.87. The zero-order chi connectivity index (χ0) is 24.7. The fraction of sp³-hybridized carbons (Fsp3) is 0.625. The van der Waals surface area contributed by atoms with Gasteiger partial charge in [-0.1, -0.05) is 24.8 Å². The monoisotopic (exact) mass is 495 g/mol. The van der Waals surface area contributed by atoms with E-state index in [1.807, 2.05) is 18.2 Å². The van der Waals surface area contributed by atoms with E-state index in [1.54, 1.807) is 11.0 Å². The second kappa shape index (κ2) is 12.0. The van der Waals surface area contributed by atoms with Crippen LogP contribution in [0.4, 0.5) is 4.79 Å². The summed E-state index contributed by atoms with van der Waals surface area (Å²) in [6.07, 6.45) is 5.93. The van der Waals surface area contributed by atoms with E-state index < -0.39 is 28.4 Å². The zero-order valence-electron chi connectivity index (χ0n) is 20.1. The molecular formula is C24H37N3O6S. The van der Waals surface area contributed by atoms with Crippen LogP contribution in [-0.2, 0) is 19.7 Å². The van der Waals surface area contributed by atoms with E-state index in [0.717, 1.165) is 35.6 Å². The lowest BCUT2D eigenvalue weighted by Gasteiger charge is -2.41. The predicted molar refractivity (Wildman–Crippen MR) is 130 cm³/mol. The smallest absolute Gasteiger partial charge is 0.410 e. The number of nitrogens with one attached hydrogen (secondary N) is 1. The molecule has 1 aromatic rings. The Balaban J connectivity index is 1.64. The molecule has 10 heteroatoms. The summed E-state index contributed by atoms with van der Waals surface area (Å²) in [5.41, 5.74) is 1.14. The quantitative estimate of drug-likeness (QED) is 0.510. The Hall–Kier alpha value is -2.14. The lowest BCUT2D eigenvalue weighted by atomic mass is 9.82. The number of hydrogen-bond donors (Lipinski definition) is 2. The first kappa shape index (κ1) is 26.5. The van der Waals surface area contributed by atoms with Crippen LogP contribution in [-0.4, -0.2) is 80.9 Å². The van der Waals surface area contributed by atoms with Crippen molar-refractivity contribution in [1.82, 2.24) is 13.9 Å². The molecule has 3 rings (SSSR count). The molecule has 1 saturated carbocycles. The molecule has 1 aliphatic heterocycles. The third-order valence-electron chi connectivity index (χ3n) is 6.64. The van der Waals surface area contributed by atoms with Gasteiger partial charge in [0.05, 0.1) is 18.8 Å². The lowest BCUT2D eigenvalue weighted by molar-refractivity contribution is -0.0257. The molecule has 0 spiro atoms. The maximum absolute atomic E-state index is 12.7. The van der Waals surface area contributed by atoms with Crippen LogP contribution in [0.3, 0.4) is 0 Å². The summed E-state index contributed by atoms with van der Waals surface area (Å²) in [5, 5.41) is 9.76. The number of rotatable bonds is 9. The van der Waals surface area contributed by atoms with Crippen molar-refractivity contribution in [2.45, 2.75) is 62.6 Å². The topological polar surface area (TPSA) is 108 Å². The second-order valence-corrected chi connectivity index (χ2v) is 11.1. The fourth-order valence-corrected chi connectivity index (χ4v) is 5.58. The summed E-state index contributed by atoms with van der Waals surface area (Å²) in [4.78, 5) is 14.3. The number of aromatic hydroxyl groups is 1. The summed E-state index contributed by atoms with van der Waals surface area (Å²) in [6, 6.07) is 6.47. The zero-order valence-corrected chi connectivity index (χ0v) is 20.9. The van der Waals surface area contributed by atoms with E-state index >= 15 is 0 Å². The van der Waals surface area contributed by atoms with Gasteiger partial charge < -0.3 is 19.5 Å². The Morgan fingerprint density at radius 2 is 2.00 bits per heavy atom. The number of phenols is 1. The molecule has 1 aliphatic carbocycles. The molecule has 0 bridgehead atoms.